The molecule has 0 spiro atoms. The highest BCUT2D eigenvalue weighted by molar-refractivity contribution is 6.07. The SMILES string of the molecule is CCN(C(=O)c1ccc(N2CCN(C(C)=O)CC2)c([N+](=O)[O-])c1)c1ccccc1C. The van der Waals surface area contributed by atoms with Crippen LogP contribution in [0.4, 0.5) is 17.1 Å². The molecular formula is C22H26N4O4. The summed E-state index contributed by atoms with van der Waals surface area (Å²) in [5.74, 6) is -0.274. The highest BCUT2D eigenvalue weighted by atomic mass is 16.6. The van der Waals surface area contributed by atoms with Gasteiger partial charge in [-0.05, 0) is 37.6 Å². The van der Waals surface area contributed by atoms with E-state index in [1.54, 1.807) is 21.9 Å². The maximum atomic E-state index is 13.2. The number of hydrogen-bond acceptors (Lipinski definition) is 5. The van der Waals surface area contributed by atoms with Crippen LogP contribution in [0.25, 0.3) is 0 Å². The van der Waals surface area contributed by atoms with Gasteiger partial charge in [-0.2, -0.15) is 0 Å². The molecule has 158 valence electrons. The van der Waals surface area contributed by atoms with Gasteiger partial charge in [0.25, 0.3) is 11.6 Å². The molecule has 2 amide bonds. The summed E-state index contributed by atoms with van der Waals surface area (Å²) in [6, 6.07) is 12.2. The fourth-order valence-corrected chi connectivity index (χ4v) is 3.78. The van der Waals surface area contributed by atoms with Crippen LogP contribution in [0.5, 0.6) is 0 Å². The van der Waals surface area contributed by atoms with Crippen molar-refractivity contribution in [3.8, 4) is 0 Å². The van der Waals surface area contributed by atoms with Crippen LogP contribution in [0, 0.1) is 17.0 Å². The molecule has 30 heavy (non-hydrogen) atoms. The van der Waals surface area contributed by atoms with Gasteiger partial charge in [-0.15, -0.1) is 0 Å². The largest absolute Gasteiger partial charge is 0.362 e. The van der Waals surface area contributed by atoms with Crippen LogP contribution in [-0.4, -0.2) is 54.4 Å². The third-order valence-corrected chi connectivity index (χ3v) is 5.45. The first-order valence-electron chi connectivity index (χ1n) is 10.00. The number of benzene rings is 2. The zero-order valence-electron chi connectivity index (χ0n) is 17.5. The normalized spacial score (nSPS) is 13.8. The molecule has 2 aromatic carbocycles. The fourth-order valence-electron chi connectivity index (χ4n) is 3.78. The van der Waals surface area contributed by atoms with Gasteiger partial charge in [-0.3, -0.25) is 19.7 Å². The monoisotopic (exact) mass is 410 g/mol. The topological polar surface area (TPSA) is 87.0 Å². The predicted octanol–water partition coefficient (Wildman–Crippen LogP) is 3.24. The first kappa shape index (κ1) is 21.3. The lowest BCUT2D eigenvalue weighted by Crippen LogP contribution is -2.48. The number of amides is 2. The van der Waals surface area contributed by atoms with E-state index < -0.39 is 4.92 Å². The maximum Gasteiger partial charge on any atom is 0.293 e. The highest BCUT2D eigenvalue weighted by Gasteiger charge is 2.27. The Morgan fingerprint density at radius 1 is 1.10 bits per heavy atom. The second-order valence-electron chi connectivity index (χ2n) is 7.29. The standard InChI is InChI=1S/C22H26N4O4/c1-4-25(19-8-6-5-7-16(19)2)22(28)18-9-10-20(21(15-18)26(29)30)24-13-11-23(12-14-24)17(3)27/h5-10,15H,4,11-14H2,1-3H3. The Balaban J connectivity index is 1.90. The summed E-state index contributed by atoms with van der Waals surface area (Å²) >= 11 is 0. The third kappa shape index (κ3) is 4.27. The van der Waals surface area contributed by atoms with Crippen molar-refractivity contribution in [3.05, 3.63) is 63.7 Å². The van der Waals surface area contributed by atoms with Crippen molar-refractivity contribution in [2.75, 3.05) is 42.5 Å². The van der Waals surface area contributed by atoms with Crippen LogP contribution in [0.2, 0.25) is 0 Å². The Labute approximate surface area is 175 Å². The molecule has 0 N–H and O–H groups in total. The minimum absolute atomic E-state index is 0.000886. The summed E-state index contributed by atoms with van der Waals surface area (Å²) in [4.78, 5) is 41.2. The minimum atomic E-state index is -0.451. The Morgan fingerprint density at radius 3 is 2.33 bits per heavy atom. The number of anilines is 2. The molecule has 0 aromatic heterocycles. The zero-order chi connectivity index (χ0) is 21.8. The van der Waals surface area contributed by atoms with Crippen LogP contribution in [0.1, 0.15) is 29.8 Å². The number of nitro groups is 1. The van der Waals surface area contributed by atoms with Crippen LogP contribution in [-0.2, 0) is 4.79 Å². The molecule has 0 aliphatic carbocycles. The van der Waals surface area contributed by atoms with Crippen molar-refractivity contribution in [1.82, 2.24) is 4.90 Å². The summed E-state index contributed by atoms with van der Waals surface area (Å²) in [6.45, 7) is 7.84. The van der Waals surface area contributed by atoms with E-state index in [2.05, 4.69) is 0 Å². The molecule has 1 aliphatic rings. The van der Waals surface area contributed by atoms with Crippen molar-refractivity contribution in [3.63, 3.8) is 0 Å². The van der Waals surface area contributed by atoms with Gasteiger partial charge in [0.2, 0.25) is 5.91 Å². The van der Waals surface area contributed by atoms with E-state index in [4.69, 9.17) is 0 Å². The van der Waals surface area contributed by atoms with Crippen LogP contribution >= 0.6 is 0 Å². The minimum Gasteiger partial charge on any atom is -0.362 e. The molecular weight excluding hydrogens is 384 g/mol. The van der Waals surface area contributed by atoms with E-state index in [1.165, 1.54) is 13.0 Å². The number of carbonyl (C=O) groups is 2. The third-order valence-electron chi connectivity index (χ3n) is 5.45. The molecule has 0 unspecified atom stereocenters. The van der Waals surface area contributed by atoms with Crippen LogP contribution in [0.15, 0.2) is 42.5 Å². The molecule has 0 bridgehead atoms. The number of aryl methyl sites for hydroxylation is 1. The second-order valence-corrected chi connectivity index (χ2v) is 7.29. The molecule has 1 aliphatic heterocycles. The average Bonchev–Trinajstić information content (AvgIpc) is 2.75. The Bertz CT molecular complexity index is 967. The molecule has 1 fully saturated rings. The molecule has 3 rings (SSSR count). The predicted molar refractivity (Wildman–Crippen MR) is 116 cm³/mol. The number of piperazine rings is 1. The van der Waals surface area contributed by atoms with Crippen molar-refractivity contribution in [2.45, 2.75) is 20.8 Å². The lowest BCUT2D eigenvalue weighted by molar-refractivity contribution is -0.384. The van der Waals surface area contributed by atoms with Crippen molar-refractivity contribution < 1.29 is 14.5 Å². The van der Waals surface area contributed by atoms with Gasteiger partial charge in [-0.25, -0.2) is 0 Å². The van der Waals surface area contributed by atoms with E-state index in [9.17, 15) is 19.7 Å². The Morgan fingerprint density at radius 2 is 1.77 bits per heavy atom. The smallest absolute Gasteiger partial charge is 0.293 e. The van der Waals surface area contributed by atoms with Gasteiger partial charge in [0.05, 0.1) is 4.92 Å². The first-order valence-corrected chi connectivity index (χ1v) is 10.00. The van der Waals surface area contributed by atoms with Gasteiger partial charge < -0.3 is 14.7 Å². The summed E-state index contributed by atoms with van der Waals surface area (Å²) in [5, 5.41) is 11.8. The quantitative estimate of drug-likeness (QED) is 0.558. The number of para-hydroxylation sites is 1. The fraction of sp³-hybridized carbons (Fsp3) is 0.364. The second kappa shape index (κ2) is 8.94. The summed E-state index contributed by atoms with van der Waals surface area (Å²) in [7, 11) is 0. The van der Waals surface area contributed by atoms with E-state index in [1.807, 2.05) is 43.0 Å². The summed E-state index contributed by atoms with van der Waals surface area (Å²) in [6.07, 6.45) is 0. The van der Waals surface area contributed by atoms with Gasteiger partial charge in [0.1, 0.15) is 5.69 Å². The summed E-state index contributed by atoms with van der Waals surface area (Å²) in [5.41, 5.74) is 2.40. The lowest BCUT2D eigenvalue weighted by atomic mass is 10.1. The molecule has 0 atom stereocenters. The van der Waals surface area contributed by atoms with Gasteiger partial charge >= 0.3 is 0 Å². The van der Waals surface area contributed by atoms with Gasteiger partial charge in [0, 0.05) is 57.0 Å². The maximum absolute atomic E-state index is 13.2. The van der Waals surface area contributed by atoms with Crippen molar-refractivity contribution in [1.29, 1.82) is 0 Å². The molecule has 0 radical (unpaired) electrons. The van der Waals surface area contributed by atoms with Crippen LogP contribution in [0.3, 0.4) is 0 Å². The average molecular weight is 410 g/mol. The number of nitrogens with zero attached hydrogens (tertiary/aromatic N) is 4. The number of carbonyl (C=O) groups excluding carboxylic acids is 2. The van der Waals surface area contributed by atoms with E-state index in [-0.39, 0.29) is 23.1 Å². The molecule has 8 nitrogen and oxygen atoms in total. The molecule has 2 aromatic rings. The van der Waals surface area contributed by atoms with Gasteiger partial charge in [0.15, 0.2) is 0 Å². The van der Waals surface area contributed by atoms with E-state index in [0.29, 0.717) is 38.4 Å². The van der Waals surface area contributed by atoms with Gasteiger partial charge in [-0.1, -0.05) is 18.2 Å². The Hall–Kier alpha value is -3.42. The van der Waals surface area contributed by atoms with Crippen molar-refractivity contribution >= 4 is 28.9 Å². The van der Waals surface area contributed by atoms with E-state index in [0.717, 1.165) is 11.3 Å². The first-order chi connectivity index (χ1) is 14.3. The number of nitro benzene ring substituents is 1. The van der Waals surface area contributed by atoms with Crippen molar-refractivity contribution in [2.24, 2.45) is 0 Å². The lowest BCUT2D eigenvalue weighted by Gasteiger charge is -2.35. The number of hydrogen-bond donors (Lipinski definition) is 0. The molecule has 0 saturated carbocycles. The molecule has 1 heterocycles. The molecule has 1 saturated heterocycles. The highest BCUT2D eigenvalue weighted by Crippen LogP contribution is 2.31. The molecule has 8 heteroatoms. The van der Waals surface area contributed by atoms with E-state index >= 15 is 0 Å². The van der Waals surface area contributed by atoms with Crippen LogP contribution < -0.4 is 9.80 Å². The Kier molecular flexibility index (Phi) is 6.34. The summed E-state index contributed by atoms with van der Waals surface area (Å²) < 4.78 is 0. The number of rotatable bonds is 5. The zero-order valence-corrected chi connectivity index (χ0v) is 17.5.